The van der Waals surface area contributed by atoms with Gasteiger partial charge >= 0.3 is 0 Å². The molecule has 0 spiro atoms. The van der Waals surface area contributed by atoms with Crippen LogP contribution in [0.25, 0.3) is 0 Å². The van der Waals surface area contributed by atoms with Crippen molar-refractivity contribution in [3.63, 3.8) is 0 Å². The summed E-state index contributed by atoms with van der Waals surface area (Å²) in [4.78, 5) is 25.6. The molecule has 0 bridgehead atoms. The van der Waals surface area contributed by atoms with Crippen LogP contribution in [0.15, 0.2) is 29.8 Å². The quantitative estimate of drug-likeness (QED) is 0.936. The van der Waals surface area contributed by atoms with Crippen LogP contribution in [0.5, 0.6) is 0 Å². The summed E-state index contributed by atoms with van der Waals surface area (Å²) in [6.07, 6.45) is 0.127. The summed E-state index contributed by atoms with van der Waals surface area (Å²) in [5.74, 6) is -1.23. The first kappa shape index (κ1) is 13.6. The standard InChI is InChI=1S/C13H11FN4O2S/c14-9-1-3-10(4-2-9)18-6-8(5-11(18)19)12(20)16-13-17-15-7-21-13/h1-4,7-8H,5-6H2,(H,16,17,20)/t8-/m1/s1. The zero-order valence-electron chi connectivity index (χ0n) is 10.8. The molecule has 1 aliphatic rings. The molecule has 108 valence electrons. The van der Waals surface area contributed by atoms with Gasteiger partial charge in [0, 0.05) is 18.7 Å². The number of carbonyl (C=O) groups is 2. The van der Waals surface area contributed by atoms with Crippen LogP contribution in [0.1, 0.15) is 6.42 Å². The number of benzene rings is 1. The second kappa shape index (κ2) is 5.57. The third-order valence-electron chi connectivity index (χ3n) is 3.22. The summed E-state index contributed by atoms with van der Waals surface area (Å²) < 4.78 is 12.9. The number of hydrogen-bond donors (Lipinski definition) is 1. The maximum Gasteiger partial charge on any atom is 0.231 e. The average molecular weight is 306 g/mol. The minimum Gasteiger partial charge on any atom is -0.312 e. The van der Waals surface area contributed by atoms with Crippen molar-refractivity contribution in [2.45, 2.75) is 6.42 Å². The highest BCUT2D eigenvalue weighted by Crippen LogP contribution is 2.26. The molecular weight excluding hydrogens is 295 g/mol. The lowest BCUT2D eigenvalue weighted by molar-refractivity contribution is -0.122. The van der Waals surface area contributed by atoms with Gasteiger partial charge in [-0.1, -0.05) is 11.3 Å². The van der Waals surface area contributed by atoms with Crippen LogP contribution in [0.4, 0.5) is 15.2 Å². The molecule has 1 aromatic heterocycles. The van der Waals surface area contributed by atoms with E-state index in [0.717, 1.165) is 0 Å². The second-order valence-corrected chi connectivity index (χ2v) is 5.45. The lowest BCUT2D eigenvalue weighted by Gasteiger charge is -2.16. The fourth-order valence-corrected chi connectivity index (χ4v) is 2.64. The smallest absolute Gasteiger partial charge is 0.231 e. The van der Waals surface area contributed by atoms with Gasteiger partial charge in [0.05, 0.1) is 5.92 Å². The van der Waals surface area contributed by atoms with Crippen molar-refractivity contribution in [1.29, 1.82) is 0 Å². The van der Waals surface area contributed by atoms with E-state index in [-0.39, 0.29) is 30.6 Å². The van der Waals surface area contributed by atoms with Gasteiger partial charge in [-0.25, -0.2) is 4.39 Å². The van der Waals surface area contributed by atoms with Crippen molar-refractivity contribution in [3.05, 3.63) is 35.6 Å². The average Bonchev–Trinajstić information content (AvgIpc) is 3.09. The highest BCUT2D eigenvalue weighted by Gasteiger charge is 2.35. The first-order valence-electron chi connectivity index (χ1n) is 6.26. The first-order chi connectivity index (χ1) is 10.1. The lowest BCUT2D eigenvalue weighted by Crippen LogP contribution is -2.28. The monoisotopic (exact) mass is 306 g/mol. The van der Waals surface area contributed by atoms with E-state index in [0.29, 0.717) is 10.8 Å². The van der Waals surface area contributed by atoms with Gasteiger partial charge in [-0.3, -0.25) is 9.59 Å². The Bertz CT molecular complexity index is 659. The van der Waals surface area contributed by atoms with Gasteiger partial charge in [0.25, 0.3) is 0 Å². The Kier molecular flexibility index (Phi) is 3.61. The molecule has 0 aliphatic carbocycles. The summed E-state index contributed by atoms with van der Waals surface area (Å²) >= 11 is 1.22. The van der Waals surface area contributed by atoms with Crippen LogP contribution in [0.2, 0.25) is 0 Å². The zero-order valence-corrected chi connectivity index (χ0v) is 11.6. The summed E-state index contributed by atoms with van der Waals surface area (Å²) in [6.45, 7) is 0.273. The van der Waals surface area contributed by atoms with Crippen LogP contribution in [-0.2, 0) is 9.59 Å². The van der Waals surface area contributed by atoms with Gasteiger partial charge in [-0.15, -0.1) is 10.2 Å². The zero-order chi connectivity index (χ0) is 14.8. The van der Waals surface area contributed by atoms with E-state index in [1.807, 2.05) is 0 Å². The number of amides is 2. The number of nitrogens with one attached hydrogen (secondary N) is 1. The maximum absolute atomic E-state index is 12.9. The molecule has 2 amide bonds. The Labute approximate surface area is 123 Å². The molecule has 1 fully saturated rings. The number of nitrogens with zero attached hydrogens (tertiary/aromatic N) is 3. The second-order valence-electron chi connectivity index (χ2n) is 4.61. The molecular formula is C13H11FN4O2S. The van der Waals surface area contributed by atoms with Crippen LogP contribution < -0.4 is 10.2 Å². The third kappa shape index (κ3) is 2.89. The third-order valence-corrected chi connectivity index (χ3v) is 3.83. The van der Waals surface area contributed by atoms with Crippen molar-refractivity contribution in [3.8, 4) is 0 Å². The fourth-order valence-electron chi connectivity index (χ4n) is 2.19. The van der Waals surface area contributed by atoms with Crippen molar-refractivity contribution >= 4 is 34.0 Å². The number of rotatable bonds is 3. The van der Waals surface area contributed by atoms with E-state index < -0.39 is 5.92 Å². The maximum atomic E-state index is 12.9. The molecule has 3 rings (SSSR count). The Morgan fingerprint density at radius 2 is 2.14 bits per heavy atom. The molecule has 21 heavy (non-hydrogen) atoms. The predicted octanol–water partition coefficient (Wildman–Crippen LogP) is 1.67. The molecule has 0 saturated carbocycles. The van der Waals surface area contributed by atoms with Crippen molar-refractivity contribution in [1.82, 2.24) is 10.2 Å². The Morgan fingerprint density at radius 3 is 2.81 bits per heavy atom. The minimum absolute atomic E-state index is 0.127. The van der Waals surface area contributed by atoms with E-state index in [2.05, 4.69) is 15.5 Å². The van der Waals surface area contributed by atoms with Gasteiger partial charge in [-0.2, -0.15) is 0 Å². The number of aromatic nitrogens is 2. The topological polar surface area (TPSA) is 75.2 Å². The van der Waals surface area contributed by atoms with Gasteiger partial charge < -0.3 is 10.2 Å². The Morgan fingerprint density at radius 1 is 1.38 bits per heavy atom. The SMILES string of the molecule is O=C(Nc1nncs1)[C@@H]1CC(=O)N(c2ccc(F)cc2)C1. The molecule has 0 unspecified atom stereocenters. The van der Waals surface area contributed by atoms with Crippen LogP contribution in [-0.4, -0.2) is 28.6 Å². The Balaban J connectivity index is 1.69. The van der Waals surface area contributed by atoms with Gasteiger partial charge in [-0.05, 0) is 24.3 Å². The number of halogens is 1. The minimum atomic E-state index is -0.452. The van der Waals surface area contributed by atoms with Crippen LogP contribution in [0.3, 0.4) is 0 Å². The molecule has 2 heterocycles. The van der Waals surface area contributed by atoms with E-state index in [4.69, 9.17) is 0 Å². The molecule has 1 saturated heterocycles. The normalized spacial score (nSPS) is 18.0. The number of carbonyl (C=O) groups excluding carboxylic acids is 2. The van der Waals surface area contributed by atoms with E-state index >= 15 is 0 Å². The van der Waals surface area contributed by atoms with Crippen LogP contribution >= 0.6 is 11.3 Å². The summed E-state index contributed by atoms with van der Waals surface area (Å²) in [6, 6.07) is 5.63. The molecule has 1 aliphatic heterocycles. The highest BCUT2D eigenvalue weighted by molar-refractivity contribution is 7.13. The van der Waals surface area contributed by atoms with Gasteiger partial charge in [0.1, 0.15) is 11.3 Å². The fraction of sp³-hybridized carbons (Fsp3) is 0.231. The molecule has 8 heteroatoms. The molecule has 1 N–H and O–H groups in total. The Hall–Kier alpha value is -2.35. The first-order valence-corrected chi connectivity index (χ1v) is 7.14. The summed E-state index contributed by atoms with van der Waals surface area (Å²) in [5, 5.41) is 10.4. The van der Waals surface area contributed by atoms with E-state index in [1.165, 1.54) is 46.0 Å². The van der Waals surface area contributed by atoms with E-state index in [1.54, 1.807) is 0 Å². The lowest BCUT2D eigenvalue weighted by atomic mass is 10.1. The largest absolute Gasteiger partial charge is 0.312 e. The highest BCUT2D eigenvalue weighted by atomic mass is 32.1. The summed E-state index contributed by atoms with van der Waals surface area (Å²) in [7, 11) is 0. The van der Waals surface area contributed by atoms with Crippen molar-refractivity contribution < 1.29 is 14.0 Å². The van der Waals surface area contributed by atoms with Gasteiger partial charge in [0.15, 0.2) is 0 Å². The molecule has 0 radical (unpaired) electrons. The number of anilines is 2. The van der Waals surface area contributed by atoms with Gasteiger partial charge in [0.2, 0.25) is 16.9 Å². The van der Waals surface area contributed by atoms with Crippen molar-refractivity contribution in [2.75, 3.05) is 16.8 Å². The summed E-state index contributed by atoms with van der Waals surface area (Å²) in [5.41, 5.74) is 2.10. The molecule has 2 aromatic rings. The molecule has 1 aromatic carbocycles. The van der Waals surface area contributed by atoms with Crippen molar-refractivity contribution in [2.24, 2.45) is 5.92 Å². The molecule has 1 atom stereocenters. The van der Waals surface area contributed by atoms with Crippen LogP contribution in [0, 0.1) is 11.7 Å². The number of hydrogen-bond acceptors (Lipinski definition) is 5. The van der Waals surface area contributed by atoms with E-state index in [9.17, 15) is 14.0 Å². The predicted molar refractivity (Wildman–Crippen MR) is 75.4 cm³/mol. The molecule has 6 nitrogen and oxygen atoms in total.